The summed E-state index contributed by atoms with van der Waals surface area (Å²) < 4.78 is 0. The van der Waals surface area contributed by atoms with Crippen molar-refractivity contribution in [2.75, 3.05) is 19.6 Å². The Morgan fingerprint density at radius 2 is 1.76 bits per heavy atom. The number of carbonyl (C=O) groups is 1. The molecular weight excluding hydrogens is 212 g/mol. The van der Waals surface area contributed by atoms with Gasteiger partial charge in [0.25, 0.3) is 0 Å². The number of rotatable bonds is 3. The minimum absolute atomic E-state index is 0.296. The summed E-state index contributed by atoms with van der Waals surface area (Å²) in [7, 11) is 0. The number of likely N-dealkylation sites (tertiary alicyclic amines) is 1. The molecule has 0 atom stereocenters. The highest BCUT2D eigenvalue weighted by Gasteiger charge is 2.30. The van der Waals surface area contributed by atoms with Gasteiger partial charge in [-0.3, -0.25) is 4.79 Å². The molecule has 0 unspecified atom stereocenters. The van der Waals surface area contributed by atoms with Crippen LogP contribution in [0.1, 0.15) is 46.5 Å². The monoisotopic (exact) mass is 238 g/mol. The lowest BCUT2D eigenvalue weighted by molar-refractivity contribution is -0.132. The molecule has 2 fully saturated rings. The van der Waals surface area contributed by atoms with Crippen LogP contribution < -0.4 is 5.32 Å². The quantitative estimate of drug-likeness (QED) is 0.816. The fourth-order valence-corrected chi connectivity index (χ4v) is 2.63. The van der Waals surface area contributed by atoms with Crippen molar-refractivity contribution in [1.29, 1.82) is 0 Å². The molecule has 1 saturated carbocycles. The molecule has 0 aromatic carbocycles. The second-order valence-corrected chi connectivity index (χ2v) is 6.68. The molecule has 1 N–H and O–H groups in total. The summed E-state index contributed by atoms with van der Waals surface area (Å²) in [5.74, 6) is 1.06. The molecule has 17 heavy (non-hydrogen) atoms. The molecule has 1 amide bonds. The maximum Gasteiger partial charge on any atom is 0.236 e. The van der Waals surface area contributed by atoms with Crippen LogP contribution in [0.4, 0.5) is 0 Å². The van der Waals surface area contributed by atoms with E-state index in [0.717, 1.165) is 19.0 Å². The lowest BCUT2D eigenvalue weighted by Gasteiger charge is -2.38. The highest BCUT2D eigenvalue weighted by Crippen LogP contribution is 2.34. The summed E-state index contributed by atoms with van der Waals surface area (Å²) in [4.78, 5) is 14.0. The fraction of sp³-hybridized carbons (Fsp3) is 0.929. The van der Waals surface area contributed by atoms with Gasteiger partial charge in [-0.05, 0) is 37.0 Å². The minimum atomic E-state index is 0.296. The fourth-order valence-electron chi connectivity index (χ4n) is 2.63. The summed E-state index contributed by atoms with van der Waals surface area (Å²) in [5, 5.41) is 3.30. The molecule has 3 nitrogen and oxygen atoms in total. The second kappa shape index (κ2) is 4.97. The predicted octanol–water partition coefficient (Wildman–Crippen LogP) is 2.02. The van der Waals surface area contributed by atoms with Crippen molar-refractivity contribution in [1.82, 2.24) is 10.2 Å². The third kappa shape index (κ3) is 3.70. The largest absolute Gasteiger partial charge is 0.342 e. The van der Waals surface area contributed by atoms with Gasteiger partial charge in [-0.25, -0.2) is 0 Å². The summed E-state index contributed by atoms with van der Waals surface area (Å²) in [6.07, 6.45) is 4.83. The summed E-state index contributed by atoms with van der Waals surface area (Å²) in [6.45, 7) is 9.38. The predicted molar refractivity (Wildman–Crippen MR) is 69.8 cm³/mol. The van der Waals surface area contributed by atoms with Crippen LogP contribution in [0.2, 0.25) is 0 Å². The van der Waals surface area contributed by atoms with Crippen molar-refractivity contribution in [3.8, 4) is 0 Å². The first kappa shape index (κ1) is 12.9. The van der Waals surface area contributed by atoms with Crippen LogP contribution in [0.3, 0.4) is 0 Å². The molecule has 2 aliphatic rings. The average Bonchev–Trinajstić information content (AvgIpc) is 3.09. The van der Waals surface area contributed by atoms with E-state index in [9.17, 15) is 4.79 Å². The average molecular weight is 238 g/mol. The number of hydrogen-bond acceptors (Lipinski definition) is 2. The van der Waals surface area contributed by atoms with Crippen molar-refractivity contribution in [2.24, 2.45) is 11.3 Å². The molecule has 1 aliphatic heterocycles. The van der Waals surface area contributed by atoms with Gasteiger partial charge in [0.1, 0.15) is 0 Å². The topological polar surface area (TPSA) is 32.3 Å². The Kier molecular flexibility index (Phi) is 3.76. The van der Waals surface area contributed by atoms with E-state index in [0.29, 0.717) is 23.9 Å². The first-order chi connectivity index (χ1) is 7.97. The van der Waals surface area contributed by atoms with E-state index in [1.165, 1.54) is 25.7 Å². The van der Waals surface area contributed by atoms with Crippen LogP contribution in [0, 0.1) is 11.3 Å². The van der Waals surface area contributed by atoms with Gasteiger partial charge in [0.15, 0.2) is 0 Å². The van der Waals surface area contributed by atoms with Crippen LogP contribution in [-0.2, 0) is 4.79 Å². The first-order valence-electron chi connectivity index (χ1n) is 6.98. The first-order valence-corrected chi connectivity index (χ1v) is 6.98. The zero-order chi connectivity index (χ0) is 12.5. The van der Waals surface area contributed by atoms with Crippen LogP contribution >= 0.6 is 0 Å². The lowest BCUT2D eigenvalue weighted by atomic mass is 9.75. The number of nitrogens with one attached hydrogen (secondary N) is 1. The smallest absolute Gasteiger partial charge is 0.236 e. The summed E-state index contributed by atoms with van der Waals surface area (Å²) >= 11 is 0. The maximum absolute atomic E-state index is 12.0. The third-order valence-corrected chi connectivity index (χ3v) is 4.19. The number of amides is 1. The summed E-state index contributed by atoms with van der Waals surface area (Å²) in [5.41, 5.74) is 0.390. The zero-order valence-corrected chi connectivity index (χ0v) is 11.5. The van der Waals surface area contributed by atoms with Crippen LogP contribution in [0.25, 0.3) is 0 Å². The van der Waals surface area contributed by atoms with Crippen LogP contribution in [0.5, 0.6) is 0 Å². The van der Waals surface area contributed by atoms with Crippen molar-refractivity contribution in [3.05, 3.63) is 0 Å². The van der Waals surface area contributed by atoms with Gasteiger partial charge in [-0.1, -0.05) is 20.8 Å². The third-order valence-electron chi connectivity index (χ3n) is 4.19. The van der Waals surface area contributed by atoms with E-state index in [-0.39, 0.29) is 0 Å². The zero-order valence-electron chi connectivity index (χ0n) is 11.5. The second-order valence-electron chi connectivity index (χ2n) is 6.68. The maximum atomic E-state index is 12.0. The Balaban J connectivity index is 1.72. The molecule has 0 aromatic heterocycles. The Morgan fingerprint density at radius 3 is 2.24 bits per heavy atom. The van der Waals surface area contributed by atoms with E-state index < -0.39 is 0 Å². The molecule has 0 spiro atoms. The van der Waals surface area contributed by atoms with Crippen molar-refractivity contribution in [2.45, 2.75) is 52.5 Å². The molecule has 98 valence electrons. The molecule has 1 heterocycles. The molecule has 2 rings (SSSR count). The highest BCUT2D eigenvalue weighted by molar-refractivity contribution is 5.78. The number of nitrogens with zero attached hydrogens (tertiary/aromatic N) is 1. The van der Waals surface area contributed by atoms with E-state index in [1.807, 2.05) is 4.90 Å². The van der Waals surface area contributed by atoms with Crippen LogP contribution in [-0.4, -0.2) is 36.5 Å². The van der Waals surface area contributed by atoms with E-state index in [4.69, 9.17) is 0 Å². The van der Waals surface area contributed by atoms with Gasteiger partial charge in [-0.2, -0.15) is 0 Å². The van der Waals surface area contributed by atoms with Gasteiger partial charge in [-0.15, -0.1) is 0 Å². The standard InChI is InChI=1S/C14H26N2O/c1-14(2,3)11-6-8-16(9-7-11)13(17)10-15-12-4-5-12/h11-12,15H,4-10H2,1-3H3. The Hall–Kier alpha value is -0.570. The van der Waals surface area contributed by atoms with Crippen molar-refractivity contribution >= 4 is 5.91 Å². The van der Waals surface area contributed by atoms with Gasteiger partial charge in [0, 0.05) is 19.1 Å². The molecule has 1 saturated heterocycles. The summed E-state index contributed by atoms with van der Waals surface area (Å²) in [6, 6.07) is 0.631. The number of hydrogen-bond donors (Lipinski definition) is 1. The number of piperidine rings is 1. The van der Waals surface area contributed by atoms with E-state index in [2.05, 4.69) is 26.1 Å². The normalized spacial score (nSPS) is 22.9. The molecule has 3 heteroatoms. The van der Waals surface area contributed by atoms with Crippen molar-refractivity contribution < 1.29 is 4.79 Å². The highest BCUT2D eigenvalue weighted by atomic mass is 16.2. The van der Waals surface area contributed by atoms with Gasteiger partial charge < -0.3 is 10.2 Å². The van der Waals surface area contributed by atoms with Gasteiger partial charge >= 0.3 is 0 Å². The van der Waals surface area contributed by atoms with Gasteiger partial charge in [0.2, 0.25) is 5.91 Å². The van der Waals surface area contributed by atoms with Crippen molar-refractivity contribution in [3.63, 3.8) is 0 Å². The Morgan fingerprint density at radius 1 is 1.18 bits per heavy atom. The molecule has 1 aliphatic carbocycles. The van der Waals surface area contributed by atoms with Crippen LogP contribution in [0.15, 0.2) is 0 Å². The minimum Gasteiger partial charge on any atom is -0.342 e. The Bertz CT molecular complexity index is 270. The lowest BCUT2D eigenvalue weighted by Crippen LogP contribution is -2.45. The SMILES string of the molecule is CC(C)(C)C1CCN(C(=O)CNC2CC2)CC1. The van der Waals surface area contributed by atoms with E-state index in [1.54, 1.807) is 0 Å². The molecule has 0 radical (unpaired) electrons. The van der Waals surface area contributed by atoms with Gasteiger partial charge in [0.05, 0.1) is 6.54 Å². The molecular formula is C14H26N2O. The molecule has 0 bridgehead atoms. The van der Waals surface area contributed by atoms with E-state index >= 15 is 0 Å². The molecule has 0 aromatic rings. The number of carbonyl (C=O) groups excluding carboxylic acids is 1. The Labute approximate surface area is 105 Å².